The first-order valence-electron chi connectivity index (χ1n) is 6.20. The fraction of sp³-hybridized carbons (Fsp3) is 0.250. The van der Waals surface area contributed by atoms with E-state index < -0.39 is 0 Å². The van der Waals surface area contributed by atoms with E-state index in [1.54, 1.807) is 0 Å². The quantitative estimate of drug-likeness (QED) is 0.868. The van der Waals surface area contributed by atoms with E-state index in [9.17, 15) is 0 Å². The molecule has 0 fully saturated rings. The molecule has 0 aliphatic carbocycles. The van der Waals surface area contributed by atoms with Crippen LogP contribution in [0.15, 0.2) is 42.5 Å². The maximum atomic E-state index is 3.13. The highest BCUT2D eigenvalue weighted by Gasteiger charge is 2.04. The van der Waals surface area contributed by atoms with E-state index in [1.807, 2.05) is 7.05 Å². The summed E-state index contributed by atoms with van der Waals surface area (Å²) < 4.78 is 0. The summed E-state index contributed by atoms with van der Waals surface area (Å²) >= 11 is 0. The lowest BCUT2D eigenvalue weighted by Gasteiger charge is -2.20. The van der Waals surface area contributed by atoms with Crippen LogP contribution >= 0.6 is 0 Å². The third-order valence-electron chi connectivity index (χ3n) is 3.42. The Kier molecular flexibility index (Phi) is 3.56. The number of nitrogens with one attached hydrogen (secondary N) is 1. The summed E-state index contributed by atoms with van der Waals surface area (Å²) in [4.78, 5) is 2.20. The van der Waals surface area contributed by atoms with Crippen LogP contribution in [-0.4, -0.2) is 14.1 Å². The lowest BCUT2D eigenvalue weighted by atomic mass is 10.1. The Hall–Kier alpha value is -1.96. The van der Waals surface area contributed by atoms with Gasteiger partial charge >= 0.3 is 0 Å². The van der Waals surface area contributed by atoms with Crippen LogP contribution in [0.4, 0.5) is 17.1 Å². The van der Waals surface area contributed by atoms with Crippen LogP contribution in [0, 0.1) is 13.8 Å². The summed E-state index contributed by atoms with van der Waals surface area (Å²) in [5, 5.41) is 3.13. The zero-order valence-electron chi connectivity index (χ0n) is 11.5. The van der Waals surface area contributed by atoms with Crippen LogP contribution in [0.25, 0.3) is 0 Å². The molecule has 2 nitrogen and oxygen atoms in total. The molecule has 0 radical (unpaired) electrons. The summed E-state index contributed by atoms with van der Waals surface area (Å²) in [5.41, 5.74) is 6.20. The zero-order valence-corrected chi connectivity index (χ0v) is 11.5. The van der Waals surface area contributed by atoms with E-state index in [0.29, 0.717) is 0 Å². The van der Waals surface area contributed by atoms with Crippen LogP contribution in [0.3, 0.4) is 0 Å². The van der Waals surface area contributed by atoms with Crippen molar-refractivity contribution in [2.45, 2.75) is 13.8 Å². The minimum Gasteiger partial charge on any atom is -0.388 e. The molecule has 0 saturated heterocycles. The first-order valence-corrected chi connectivity index (χ1v) is 6.20. The molecule has 2 heteroatoms. The van der Waals surface area contributed by atoms with E-state index >= 15 is 0 Å². The van der Waals surface area contributed by atoms with Crippen LogP contribution in [0.5, 0.6) is 0 Å². The number of rotatable bonds is 3. The van der Waals surface area contributed by atoms with Gasteiger partial charge in [0.1, 0.15) is 0 Å². The Balaban J connectivity index is 2.28. The predicted octanol–water partition coefficient (Wildman–Crippen LogP) is 4.11. The van der Waals surface area contributed by atoms with Crippen molar-refractivity contribution in [1.82, 2.24) is 0 Å². The molecule has 18 heavy (non-hydrogen) atoms. The Bertz CT molecular complexity index is 529. The minimum absolute atomic E-state index is 1.13. The SMILES string of the molecule is CNc1ccc(N(C)c2ccc(C)c(C)c2)cc1. The van der Waals surface area contributed by atoms with Crippen LogP contribution < -0.4 is 10.2 Å². The van der Waals surface area contributed by atoms with Crippen LogP contribution in [0.2, 0.25) is 0 Å². The number of anilines is 3. The monoisotopic (exact) mass is 240 g/mol. The number of nitrogens with zero attached hydrogens (tertiary/aromatic N) is 1. The molecule has 0 atom stereocenters. The van der Waals surface area contributed by atoms with Crippen LogP contribution in [0.1, 0.15) is 11.1 Å². The highest BCUT2D eigenvalue weighted by Crippen LogP contribution is 2.26. The normalized spacial score (nSPS) is 10.2. The molecule has 94 valence electrons. The summed E-state index contributed by atoms with van der Waals surface area (Å²) in [6.07, 6.45) is 0. The van der Waals surface area contributed by atoms with Gasteiger partial charge in [0.05, 0.1) is 0 Å². The lowest BCUT2D eigenvalue weighted by molar-refractivity contribution is 1.19. The van der Waals surface area contributed by atoms with Crippen molar-refractivity contribution in [2.24, 2.45) is 0 Å². The third-order valence-corrected chi connectivity index (χ3v) is 3.42. The number of aryl methyl sites for hydroxylation is 2. The number of hydrogen-bond donors (Lipinski definition) is 1. The maximum absolute atomic E-state index is 3.13. The first-order chi connectivity index (χ1) is 8.61. The van der Waals surface area contributed by atoms with Crippen molar-refractivity contribution in [3.8, 4) is 0 Å². The second kappa shape index (κ2) is 5.13. The van der Waals surface area contributed by atoms with Gasteiger partial charge in [-0.05, 0) is 61.4 Å². The van der Waals surface area contributed by atoms with Crippen LogP contribution in [-0.2, 0) is 0 Å². The van der Waals surface area contributed by atoms with Gasteiger partial charge in [-0.3, -0.25) is 0 Å². The smallest absolute Gasteiger partial charge is 0.0410 e. The molecule has 2 aromatic rings. The Morgan fingerprint density at radius 3 is 2.00 bits per heavy atom. The highest BCUT2D eigenvalue weighted by molar-refractivity contribution is 5.65. The molecule has 0 amide bonds. The molecule has 0 aliphatic heterocycles. The second-order valence-corrected chi connectivity index (χ2v) is 4.62. The van der Waals surface area contributed by atoms with Crippen molar-refractivity contribution < 1.29 is 0 Å². The van der Waals surface area contributed by atoms with Crippen molar-refractivity contribution in [3.05, 3.63) is 53.6 Å². The number of benzene rings is 2. The standard InChI is InChI=1S/C16H20N2/c1-12-5-8-16(11-13(12)2)18(4)15-9-6-14(17-3)7-10-15/h5-11,17H,1-4H3. The van der Waals surface area contributed by atoms with Gasteiger partial charge in [0.15, 0.2) is 0 Å². The van der Waals surface area contributed by atoms with E-state index in [4.69, 9.17) is 0 Å². The molecule has 0 aliphatic rings. The lowest BCUT2D eigenvalue weighted by Crippen LogP contribution is -2.09. The van der Waals surface area contributed by atoms with Gasteiger partial charge in [0.2, 0.25) is 0 Å². The Morgan fingerprint density at radius 2 is 1.44 bits per heavy atom. The van der Waals surface area contributed by atoms with Crippen molar-refractivity contribution in [1.29, 1.82) is 0 Å². The van der Waals surface area contributed by atoms with Gasteiger partial charge in [-0.15, -0.1) is 0 Å². The summed E-state index contributed by atoms with van der Waals surface area (Å²) in [5.74, 6) is 0. The molecule has 0 heterocycles. The molecule has 2 rings (SSSR count). The van der Waals surface area contributed by atoms with Crippen molar-refractivity contribution >= 4 is 17.1 Å². The fourth-order valence-corrected chi connectivity index (χ4v) is 1.94. The molecule has 0 unspecified atom stereocenters. The average molecular weight is 240 g/mol. The zero-order chi connectivity index (χ0) is 13.1. The molecular weight excluding hydrogens is 220 g/mol. The Labute approximate surface area is 109 Å². The van der Waals surface area contributed by atoms with Gasteiger partial charge < -0.3 is 10.2 Å². The largest absolute Gasteiger partial charge is 0.388 e. The van der Waals surface area contributed by atoms with Gasteiger partial charge in [-0.25, -0.2) is 0 Å². The summed E-state index contributed by atoms with van der Waals surface area (Å²) in [6, 6.07) is 15.0. The minimum atomic E-state index is 1.13. The van der Waals surface area contributed by atoms with Gasteiger partial charge in [0.25, 0.3) is 0 Å². The fourth-order valence-electron chi connectivity index (χ4n) is 1.94. The average Bonchev–Trinajstić information content (AvgIpc) is 2.41. The number of hydrogen-bond acceptors (Lipinski definition) is 2. The van der Waals surface area contributed by atoms with Gasteiger partial charge in [-0.2, -0.15) is 0 Å². The molecule has 2 aromatic carbocycles. The van der Waals surface area contributed by atoms with E-state index in [0.717, 1.165) is 5.69 Å². The van der Waals surface area contributed by atoms with Gasteiger partial charge in [0, 0.05) is 31.2 Å². The van der Waals surface area contributed by atoms with Gasteiger partial charge in [-0.1, -0.05) is 6.07 Å². The summed E-state index contributed by atoms with van der Waals surface area (Å²) in [6.45, 7) is 4.29. The van der Waals surface area contributed by atoms with Crippen molar-refractivity contribution in [3.63, 3.8) is 0 Å². The molecule has 1 N–H and O–H groups in total. The van der Waals surface area contributed by atoms with E-state index in [2.05, 4.69) is 73.6 Å². The summed E-state index contributed by atoms with van der Waals surface area (Å²) in [7, 11) is 4.03. The Morgan fingerprint density at radius 1 is 0.833 bits per heavy atom. The van der Waals surface area contributed by atoms with E-state index in [-0.39, 0.29) is 0 Å². The topological polar surface area (TPSA) is 15.3 Å². The molecule has 0 spiro atoms. The maximum Gasteiger partial charge on any atom is 0.0410 e. The third kappa shape index (κ3) is 2.48. The molecular formula is C16H20N2. The molecule has 0 saturated carbocycles. The second-order valence-electron chi connectivity index (χ2n) is 4.62. The predicted molar refractivity (Wildman–Crippen MR) is 80.0 cm³/mol. The molecule has 0 aromatic heterocycles. The van der Waals surface area contributed by atoms with E-state index in [1.165, 1.54) is 22.5 Å². The van der Waals surface area contributed by atoms with Crippen molar-refractivity contribution in [2.75, 3.05) is 24.3 Å². The molecule has 0 bridgehead atoms. The highest BCUT2D eigenvalue weighted by atomic mass is 15.1. The first kappa shape index (κ1) is 12.5.